The van der Waals surface area contributed by atoms with Gasteiger partial charge in [0.05, 0.1) is 7.11 Å². The van der Waals surface area contributed by atoms with Gasteiger partial charge in [0.25, 0.3) is 0 Å². The van der Waals surface area contributed by atoms with Crippen molar-refractivity contribution >= 4 is 5.82 Å². The summed E-state index contributed by atoms with van der Waals surface area (Å²) in [4.78, 5) is 8.18. The molecule has 0 saturated heterocycles. The third-order valence-electron chi connectivity index (χ3n) is 2.19. The lowest BCUT2D eigenvalue weighted by Gasteiger charge is -2.04. The molecule has 17 heavy (non-hydrogen) atoms. The molecule has 1 aromatic heterocycles. The minimum Gasteiger partial charge on any atom is -0.497 e. The van der Waals surface area contributed by atoms with Crippen molar-refractivity contribution in [1.82, 2.24) is 9.97 Å². The predicted octanol–water partition coefficient (Wildman–Crippen LogP) is 1.61. The second kappa shape index (κ2) is 4.49. The van der Waals surface area contributed by atoms with E-state index >= 15 is 0 Å². The molecule has 0 aliphatic carbocycles. The fourth-order valence-corrected chi connectivity index (χ4v) is 1.41. The number of benzene rings is 1. The van der Waals surface area contributed by atoms with Gasteiger partial charge in [-0.1, -0.05) is 12.1 Å². The summed E-state index contributed by atoms with van der Waals surface area (Å²) in [7, 11) is 1.58. The van der Waals surface area contributed by atoms with Crippen molar-refractivity contribution in [2.45, 2.75) is 0 Å². The molecule has 84 valence electrons. The third-order valence-corrected chi connectivity index (χ3v) is 2.19. The lowest BCUT2D eigenvalue weighted by atomic mass is 10.2. The van der Waals surface area contributed by atoms with Gasteiger partial charge < -0.3 is 10.5 Å². The average Bonchev–Trinajstić information content (AvgIpc) is 2.38. The molecule has 2 N–H and O–H groups in total. The van der Waals surface area contributed by atoms with Gasteiger partial charge in [-0.3, -0.25) is 0 Å². The fraction of sp³-hybridized carbons (Fsp3) is 0.0833. The molecule has 0 amide bonds. The zero-order valence-electron chi connectivity index (χ0n) is 9.21. The van der Waals surface area contributed by atoms with E-state index < -0.39 is 0 Å². The van der Waals surface area contributed by atoms with Gasteiger partial charge in [0.2, 0.25) is 0 Å². The van der Waals surface area contributed by atoms with Crippen molar-refractivity contribution in [3.8, 4) is 23.2 Å². The van der Waals surface area contributed by atoms with Crippen LogP contribution in [-0.4, -0.2) is 17.1 Å². The van der Waals surface area contributed by atoms with Crippen molar-refractivity contribution < 1.29 is 4.74 Å². The summed E-state index contributed by atoms with van der Waals surface area (Å²) in [6, 6.07) is 10.6. The zero-order valence-corrected chi connectivity index (χ0v) is 9.21. The van der Waals surface area contributed by atoms with Gasteiger partial charge in [0, 0.05) is 11.6 Å². The lowest BCUT2D eigenvalue weighted by Crippen LogP contribution is -1.98. The maximum atomic E-state index is 8.81. The number of hydrogen-bond donors (Lipinski definition) is 1. The molecular formula is C12H10N4O. The van der Waals surface area contributed by atoms with Crippen LogP contribution >= 0.6 is 0 Å². The van der Waals surface area contributed by atoms with Crippen molar-refractivity contribution in [1.29, 1.82) is 5.26 Å². The van der Waals surface area contributed by atoms with Crippen molar-refractivity contribution in [3.63, 3.8) is 0 Å². The zero-order chi connectivity index (χ0) is 12.3. The van der Waals surface area contributed by atoms with Crippen LogP contribution in [0.1, 0.15) is 5.69 Å². The Balaban J connectivity index is 2.52. The molecule has 0 radical (unpaired) electrons. The molecular weight excluding hydrogens is 216 g/mol. The molecule has 0 saturated carbocycles. The molecule has 0 aliphatic heterocycles. The third kappa shape index (κ3) is 2.32. The number of anilines is 1. The Kier molecular flexibility index (Phi) is 2.88. The van der Waals surface area contributed by atoms with Crippen LogP contribution in [0.15, 0.2) is 30.3 Å². The van der Waals surface area contributed by atoms with Crippen LogP contribution in [0.25, 0.3) is 11.4 Å². The molecule has 2 rings (SSSR count). The van der Waals surface area contributed by atoms with Crippen LogP contribution in [0.4, 0.5) is 5.82 Å². The molecule has 0 spiro atoms. The summed E-state index contributed by atoms with van der Waals surface area (Å²) >= 11 is 0. The number of nitrogens with two attached hydrogens (primary N) is 1. The first kappa shape index (κ1) is 10.9. The highest BCUT2D eigenvalue weighted by Crippen LogP contribution is 2.21. The first-order valence-corrected chi connectivity index (χ1v) is 4.92. The highest BCUT2D eigenvalue weighted by molar-refractivity contribution is 5.59. The smallest absolute Gasteiger partial charge is 0.163 e. The molecule has 0 atom stereocenters. The molecule has 0 unspecified atom stereocenters. The normalized spacial score (nSPS) is 9.65. The summed E-state index contributed by atoms with van der Waals surface area (Å²) in [5.74, 6) is 1.39. The number of methoxy groups -OCH3 is 1. The van der Waals surface area contributed by atoms with E-state index in [2.05, 4.69) is 9.97 Å². The molecule has 5 nitrogen and oxygen atoms in total. The molecule has 2 aromatic rings. The minimum absolute atomic E-state index is 0.246. The Morgan fingerprint density at radius 1 is 1.29 bits per heavy atom. The molecule has 5 heteroatoms. The van der Waals surface area contributed by atoms with E-state index in [1.165, 1.54) is 6.07 Å². The molecule has 0 bridgehead atoms. The number of hydrogen-bond acceptors (Lipinski definition) is 5. The van der Waals surface area contributed by atoms with Gasteiger partial charge in [0.1, 0.15) is 23.3 Å². The second-order valence-corrected chi connectivity index (χ2v) is 3.35. The minimum atomic E-state index is 0.246. The lowest BCUT2D eigenvalue weighted by molar-refractivity contribution is 0.415. The van der Waals surface area contributed by atoms with Crippen molar-refractivity contribution in [2.75, 3.05) is 12.8 Å². The largest absolute Gasteiger partial charge is 0.497 e. The van der Waals surface area contributed by atoms with E-state index in [0.29, 0.717) is 11.6 Å². The number of nitrogen functional groups attached to an aromatic ring is 1. The second-order valence-electron chi connectivity index (χ2n) is 3.35. The predicted molar refractivity (Wildman–Crippen MR) is 63.1 cm³/mol. The van der Waals surface area contributed by atoms with Crippen molar-refractivity contribution in [2.24, 2.45) is 0 Å². The van der Waals surface area contributed by atoms with Gasteiger partial charge in [-0.2, -0.15) is 5.26 Å². The monoisotopic (exact) mass is 226 g/mol. The first-order valence-electron chi connectivity index (χ1n) is 4.92. The van der Waals surface area contributed by atoms with Gasteiger partial charge >= 0.3 is 0 Å². The maximum Gasteiger partial charge on any atom is 0.163 e. The van der Waals surface area contributed by atoms with E-state index in [-0.39, 0.29) is 11.5 Å². The van der Waals surface area contributed by atoms with E-state index in [0.717, 1.165) is 5.56 Å². The highest BCUT2D eigenvalue weighted by Gasteiger charge is 2.06. The summed E-state index contributed by atoms with van der Waals surface area (Å²) < 4.78 is 5.11. The van der Waals surface area contributed by atoms with Crippen LogP contribution in [0.3, 0.4) is 0 Å². The Morgan fingerprint density at radius 2 is 2.12 bits per heavy atom. The number of nitriles is 1. The highest BCUT2D eigenvalue weighted by atomic mass is 16.5. The average molecular weight is 226 g/mol. The van der Waals surface area contributed by atoms with Crippen LogP contribution in [0, 0.1) is 11.3 Å². The summed E-state index contributed by atoms with van der Waals surface area (Å²) in [6.45, 7) is 0. The Hall–Kier alpha value is -2.61. The van der Waals surface area contributed by atoms with Crippen LogP contribution in [0.2, 0.25) is 0 Å². The Morgan fingerprint density at radius 3 is 2.82 bits per heavy atom. The quantitative estimate of drug-likeness (QED) is 0.840. The van der Waals surface area contributed by atoms with E-state index in [1.807, 2.05) is 24.3 Å². The topological polar surface area (TPSA) is 84.8 Å². The van der Waals surface area contributed by atoms with Gasteiger partial charge in [-0.05, 0) is 12.1 Å². The van der Waals surface area contributed by atoms with E-state index in [9.17, 15) is 0 Å². The molecule has 1 aromatic carbocycles. The Labute approximate surface area is 98.5 Å². The van der Waals surface area contributed by atoms with Crippen LogP contribution in [-0.2, 0) is 0 Å². The maximum absolute atomic E-state index is 8.81. The summed E-state index contributed by atoms with van der Waals surface area (Å²) in [5.41, 5.74) is 6.61. The SMILES string of the molecule is COc1cccc(-c2nc(N)cc(C#N)n2)c1. The van der Waals surface area contributed by atoms with E-state index in [4.69, 9.17) is 15.7 Å². The number of nitrogens with zero attached hydrogens (tertiary/aromatic N) is 3. The van der Waals surface area contributed by atoms with Crippen molar-refractivity contribution in [3.05, 3.63) is 36.0 Å². The Bertz CT molecular complexity index is 589. The van der Waals surface area contributed by atoms with Gasteiger partial charge in [0.15, 0.2) is 5.82 Å². The van der Waals surface area contributed by atoms with E-state index in [1.54, 1.807) is 13.2 Å². The molecule has 1 heterocycles. The number of aromatic nitrogens is 2. The summed E-state index contributed by atoms with van der Waals surface area (Å²) in [6.07, 6.45) is 0. The van der Waals surface area contributed by atoms with Crippen LogP contribution < -0.4 is 10.5 Å². The standard InChI is InChI=1S/C12H10N4O/c1-17-10-4-2-3-8(5-10)12-15-9(7-13)6-11(14)16-12/h2-6H,1H3,(H2,14,15,16). The van der Waals surface area contributed by atoms with Crippen LogP contribution in [0.5, 0.6) is 5.75 Å². The first-order chi connectivity index (χ1) is 8.22. The molecule has 0 aliphatic rings. The number of rotatable bonds is 2. The summed E-state index contributed by atoms with van der Waals surface area (Å²) in [5, 5.41) is 8.81. The van der Waals surface area contributed by atoms with Gasteiger partial charge in [-0.25, -0.2) is 9.97 Å². The van der Waals surface area contributed by atoms with Gasteiger partial charge in [-0.15, -0.1) is 0 Å². The molecule has 0 fully saturated rings. The number of ether oxygens (including phenoxy) is 1. The fourth-order valence-electron chi connectivity index (χ4n) is 1.41.